The lowest BCUT2D eigenvalue weighted by molar-refractivity contribution is 0.109. The van der Waals surface area contributed by atoms with E-state index in [0.717, 1.165) is 24.3 Å². The highest BCUT2D eigenvalue weighted by Crippen LogP contribution is 2.26. The van der Waals surface area contributed by atoms with Crippen molar-refractivity contribution in [1.82, 2.24) is 10.1 Å². The minimum absolute atomic E-state index is 0.216. The third-order valence-electron chi connectivity index (χ3n) is 2.83. The van der Waals surface area contributed by atoms with E-state index in [-0.39, 0.29) is 6.10 Å². The first kappa shape index (κ1) is 11.4. The van der Waals surface area contributed by atoms with Gasteiger partial charge in [0.05, 0.1) is 11.0 Å². The molecule has 1 aliphatic heterocycles. The lowest BCUT2D eigenvalue weighted by Crippen LogP contribution is -2.09. The van der Waals surface area contributed by atoms with Gasteiger partial charge in [-0.15, -0.1) is 11.3 Å². The van der Waals surface area contributed by atoms with Crippen LogP contribution in [-0.4, -0.2) is 22.9 Å². The minimum atomic E-state index is 0.216. The molecule has 6 heteroatoms. The van der Waals surface area contributed by atoms with Crippen molar-refractivity contribution in [2.24, 2.45) is 0 Å². The second kappa shape index (κ2) is 4.88. The van der Waals surface area contributed by atoms with Crippen molar-refractivity contribution in [2.45, 2.75) is 25.4 Å². The SMILES string of the molecule is N#Cc1ccc(-c2nc(CC3CCCO3)no2)s1. The Hall–Kier alpha value is -1.71. The molecule has 92 valence electrons. The van der Waals surface area contributed by atoms with Gasteiger partial charge in [-0.2, -0.15) is 10.2 Å². The molecule has 0 amide bonds. The topological polar surface area (TPSA) is 71.9 Å². The molecule has 0 N–H and O–H groups in total. The number of nitriles is 1. The van der Waals surface area contributed by atoms with Crippen LogP contribution in [0, 0.1) is 11.3 Å². The predicted molar refractivity (Wildman–Crippen MR) is 65.0 cm³/mol. The summed E-state index contributed by atoms with van der Waals surface area (Å²) in [5, 5.41) is 12.7. The van der Waals surface area contributed by atoms with Crippen LogP contribution in [0.1, 0.15) is 23.5 Å². The monoisotopic (exact) mass is 261 g/mol. The van der Waals surface area contributed by atoms with E-state index in [1.807, 2.05) is 6.07 Å². The summed E-state index contributed by atoms with van der Waals surface area (Å²) in [5.74, 6) is 1.15. The van der Waals surface area contributed by atoms with Crippen molar-refractivity contribution in [3.8, 4) is 16.8 Å². The van der Waals surface area contributed by atoms with Crippen LogP contribution in [0.25, 0.3) is 10.8 Å². The molecule has 0 radical (unpaired) electrons. The summed E-state index contributed by atoms with van der Waals surface area (Å²) in [6.07, 6.45) is 3.07. The molecule has 1 fully saturated rings. The fourth-order valence-corrected chi connectivity index (χ4v) is 2.68. The molecule has 1 unspecified atom stereocenters. The summed E-state index contributed by atoms with van der Waals surface area (Å²) in [6, 6.07) is 5.67. The zero-order valence-corrected chi connectivity index (χ0v) is 10.4. The highest BCUT2D eigenvalue weighted by Gasteiger charge is 2.19. The van der Waals surface area contributed by atoms with E-state index >= 15 is 0 Å². The lowest BCUT2D eigenvalue weighted by Gasteiger charge is -2.03. The zero-order chi connectivity index (χ0) is 12.4. The Labute approximate surface area is 108 Å². The second-order valence-corrected chi connectivity index (χ2v) is 5.21. The van der Waals surface area contributed by atoms with E-state index in [1.54, 1.807) is 6.07 Å². The van der Waals surface area contributed by atoms with Crippen LogP contribution in [0.2, 0.25) is 0 Å². The average molecular weight is 261 g/mol. The Morgan fingerprint density at radius 3 is 3.17 bits per heavy atom. The molecule has 2 aromatic rings. The molecule has 3 heterocycles. The number of aromatic nitrogens is 2. The molecule has 5 nitrogen and oxygen atoms in total. The van der Waals surface area contributed by atoms with Crippen molar-refractivity contribution < 1.29 is 9.26 Å². The Balaban J connectivity index is 1.74. The number of ether oxygens (including phenoxy) is 1. The summed E-state index contributed by atoms with van der Waals surface area (Å²) in [6.45, 7) is 0.825. The van der Waals surface area contributed by atoms with Crippen LogP contribution < -0.4 is 0 Å². The van der Waals surface area contributed by atoms with Gasteiger partial charge < -0.3 is 9.26 Å². The van der Waals surface area contributed by atoms with Gasteiger partial charge in [-0.05, 0) is 25.0 Å². The van der Waals surface area contributed by atoms with Gasteiger partial charge in [0.2, 0.25) is 0 Å². The second-order valence-electron chi connectivity index (χ2n) is 4.13. The predicted octanol–water partition coefficient (Wildman–Crippen LogP) is 2.39. The standard InChI is InChI=1S/C12H11N3O2S/c13-7-9-3-4-10(18-9)12-14-11(15-17-12)6-8-2-1-5-16-8/h3-4,8H,1-2,5-6H2. The smallest absolute Gasteiger partial charge is 0.268 e. The maximum absolute atomic E-state index is 8.77. The van der Waals surface area contributed by atoms with Crippen LogP contribution in [0.3, 0.4) is 0 Å². The molecule has 3 rings (SSSR count). The number of hydrogen-bond donors (Lipinski definition) is 0. The van der Waals surface area contributed by atoms with E-state index in [1.165, 1.54) is 11.3 Å². The van der Waals surface area contributed by atoms with Crippen molar-refractivity contribution in [1.29, 1.82) is 5.26 Å². The van der Waals surface area contributed by atoms with Gasteiger partial charge in [0.25, 0.3) is 5.89 Å². The van der Waals surface area contributed by atoms with Crippen molar-refractivity contribution in [3.05, 3.63) is 22.8 Å². The maximum atomic E-state index is 8.77. The molecule has 0 aliphatic carbocycles. The molecule has 1 aliphatic rings. The van der Waals surface area contributed by atoms with E-state index < -0.39 is 0 Å². The number of rotatable bonds is 3. The number of hydrogen-bond acceptors (Lipinski definition) is 6. The highest BCUT2D eigenvalue weighted by molar-refractivity contribution is 7.15. The van der Waals surface area contributed by atoms with Gasteiger partial charge in [-0.1, -0.05) is 5.16 Å². The Morgan fingerprint density at radius 1 is 1.50 bits per heavy atom. The largest absolute Gasteiger partial charge is 0.378 e. The van der Waals surface area contributed by atoms with E-state index in [0.29, 0.717) is 23.0 Å². The molecule has 0 spiro atoms. The molecule has 0 aromatic carbocycles. The first-order valence-corrected chi connectivity index (χ1v) is 6.61. The molecular weight excluding hydrogens is 250 g/mol. The number of nitrogens with zero attached hydrogens (tertiary/aromatic N) is 3. The molecule has 0 bridgehead atoms. The Morgan fingerprint density at radius 2 is 2.44 bits per heavy atom. The summed E-state index contributed by atoms with van der Waals surface area (Å²) >= 11 is 1.35. The molecule has 2 aromatic heterocycles. The quantitative estimate of drug-likeness (QED) is 0.848. The number of thiophene rings is 1. The van der Waals surface area contributed by atoms with E-state index in [4.69, 9.17) is 14.5 Å². The van der Waals surface area contributed by atoms with Crippen LogP contribution in [0.4, 0.5) is 0 Å². The van der Waals surface area contributed by atoms with Gasteiger partial charge >= 0.3 is 0 Å². The van der Waals surface area contributed by atoms with Gasteiger partial charge in [-0.3, -0.25) is 0 Å². The molecular formula is C12H11N3O2S. The zero-order valence-electron chi connectivity index (χ0n) is 9.63. The van der Waals surface area contributed by atoms with Crippen LogP contribution in [0.15, 0.2) is 16.7 Å². The Kier molecular flexibility index (Phi) is 3.09. The van der Waals surface area contributed by atoms with Crippen LogP contribution in [0.5, 0.6) is 0 Å². The van der Waals surface area contributed by atoms with E-state index in [9.17, 15) is 0 Å². The van der Waals surface area contributed by atoms with Gasteiger partial charge in [0, 0.05) is 13.0 Å². The highest BCUT2D eigenvalue weighted by atomic mass is 32.1. The maximum Gasteiger partial charge on any atom is 0.268 e. The first-order chi connectivity index (χ1) is 8.85. The third-order valence-corrected chi connectivity index (χ3v) is 3.81. The molecule has 1 atom stereocenters. The summed E-state index contributed by atoms with van der Waals surface area (Å²) in [5.41, 5.74) is 0. The fourth-order valence-electron chi connectivity index (χ4n) is 1.96. The molecule has 1 saturated heterocycles. The van der Waals surface area contributed by atoms with Crippen LogP contribution >= 0.6 is 11.3 Å². The molecule has 18 heavy (non-hydrogen) atoms. The first-order valence-electron chi connectivity index (χ1n) is 5.79. The third kappa shape index (κ3) is 2.28. The van der Waals surface area contributed by atoms with Crippen molar-refractivity contribution in [3.63, 3.8) is 0 Å². The van der Waals surface area contributed by atoms with Gasteiger partial charge in [0.1, 0.15) is 10.9 Å². The fraction of sp³-hybridized carbons (Fsp3) is 0.417. The molecule has 0 saturated carbocycles. The van der Waals surface area contributed by atoms with Crippen molar-refractivity contribution >= 4 is 11.3 Å². The summed E-state index contributed by atoms with van der Waals surface area (Å²) in [4.78, 5) is 5.81. The van der Waals surface area contributed by atoms with Crippen molar-refractivity contribution in [2.75, 3.05) is 6.61 Å². The average Bonchev–Trinajstić information content (AvgIpc) is 3.09. The summed E-state index contributed by atoms with van der Waals surface area (Å²) in [7, 11) is 0. The lowest BCUT2D eigenvalue weighted by atomic mass is 10.2. The van der Waals surface area contributed by atoms with E-state index in [2.05, 4.69) is 16.2 Å². The summed E-state index contributed by atoms with van der Waals surface area (Å²) < 4.78 is 10.7. The van der Waals surface area contributed by atoms with Gasteiger partial charge in [0.15, 0.2) is 5.82 Å². The normalized spacial score (nSPS) is 18.9. The van der Waals surface area contributed by atoms with Crippen LogP contribution in [-0.2, 0) is 11.2 Å². The Bertz CT molecular complexity index is 578. The minimum Gasteiger partial charge on any atom is -0.378 e. The van der Waals surface area contributed by atoms with Gasteiger partial charge in [-0.25, -0.2) is 0 Å².